The number of aryl methyl sites for hydroxylation is 1. The summed E-state index contributed by atoms with van der Waals surface area (Å²) in [4.78, 5) is 0. The maximum atomic E-state index is 13.8. The van der Waals surface area contributed by atoms with Crippen LogP contribution >= 0.6 is 11.8 Å². The van der Waals surface area contributed by atoms with Crippen LogP contribution in [0.2, 0.25) is 0 Å². The summed E-state index contributed by atoms with van der Waals surface area (Å²) in [6, 6.07) is 5.31. The highest BCUT2D eigenvalue weighted by Crippen LogP contribution is 2.27. The van der Waals surface area contributed by atoms with Gasteiger partial charge in [-0.05, 0) is 30.4 Å². The van der Waals surface area contributed by atoms with Crippen molar-refractivity contribution in [1.82, 2.24) is 4.57 Å². The summed E-state index contributed by atoms with van der Waals surface area (Å²) >= 11 is 1.83. The van der Waals surface area contributed by atoms with Gasteiger partial charge in [-0.15, -0.1) is 0 Å². The summed E-state index contributed by atoms with van der Waals surface area (Å²) in [5.41, 5.74) is 2.12. The zero-order valence-electron chi connectivity index (χ0n) is 9.66. The highest BCUT2D eigenvalue weighted by atomic mass is 32.2. The zero-order chi connectivity index (χ0) is 11.5. The van der Waals surface area contributed by atoms with Crippen molar-refractivity contribution in [2.24, 2.45) is 0 Å². The molecule has 0 amide bonds. The molecule has 3 heteroatoms. The summed E-state index contributed by atoms with van der Waals surface area (Å²) < 4.78 is 15.9. The van der Waals surface area contributed by atoms with Crippen molar-refractivity contribution in [3.8, 4) is 0 Å². The van der Waals surface area contributed by atoms with E-state index in [1.807, 2.05) is 17.8 Å². The van der Waals surface area contributed by atoms with Gasteiger partial charge in [0.2, 0.25) is 0 Å². The summed E-state index contributed by atoms with van der Waals surface area (Å²) in [5, 5.41) is 0.797. The SMILES string of the molecule is CCSCc1cn(CC)c2cccc(F)c12. The standard InChI is InChI=1S/C13H16FNS/c1-3-15-8-10(9-16-4-2)13-11(14)6-5-7-12(13)15/h5-8H,3-4,9H2,1-2H3. The van der Waals surface area contributed by atoms with Crippen LogP contribution in [0.25, 0.3) is 10.9 Å². The molecule has 16 heavy (non-hydrogen) atoms. The van der Waals surface area contributed by atoms with Crippen LogP contribution in [-0.2, 0) is 12.3 Å². The first-order valence-corrected chi connectivity index (χ1v) is 6.77. The van der Waals surface area contributed by atoms with E-state index in [-0.39, 0.29) is 5.82 Å². The second kappa shape index (κ2) is 4.91. The average molecular weight is 237 g/mol. The van der Waals surface area contributed by atoms with Crippen LogP contribution in [0.5, 0.6) is 0 Å². The Balaban J connectivity index is 2.55. The van der Waals surface area contributed by atoms with Gasteiger partial charge in [-0.25, -0.2) is 4.39 Å². The van der Waals surface area contributed by atoms with Crippen molar-refractivity contribution < 1.29 is 4.39 Å². The highest BCUT2D eigenvalue weighted by molar-refractivity contribution is 7.98. The molecule has 0 aliphatic rings. The monoisotopic (exact) mass is 237 g/mol. The van der Waals surface area contributed by atoms with Crippen molar-refractivity contribution in [1.29, 1.82) is 0 Å². The van der Waals surface area contributed by atoms with Gasteiger partial charge in [0.15, 0.2) is 0 Å². The van der Waals surface area contributed by atoms with Crippen molar-refractivity contribution >= 4 is 22.7 Å². The number of thioether (sulfide) groups is 1. The van der Waals surface area contributed by atoms with Crippen LogP contribution in [0.3, 0.4) is 0 Å². The predicted octanol–water partition coefficient (Wildman–Crippen LogP) is 4.05. The minimum atomic E-state index is -0.101. The molecule has 2 rings (SSSR count). The van der Waals surface area contributed by atoms with Gasteiger partial charge >= 0.3 is 0 Å². The van der Waals surface area contributed by atoms with Gasteiger partial charge in [0, 0.05) is 23.9 Å². The minimum Gasteiger partial charge on any atom is -0.347 e. The molecule has 2 aromatic rings. The molecule has 0 radical (unpaired) electrons. The number of benzene rings is 1. The third-order valence-corrected chi connectivity index (χ3v) is 3.66. The normalized spacial score (nSPS) is 11.2. The lowest BCUT2D eigenvalue weighted by Crippen LogP contribution is -1.90. The van der Waals surface area contributed by atoms with Gasteiger partial charge in [0.1, 0.15) is 5.82 Å². The van der Waals surface area contributed by atoms with E-state index >= 15 is 0 Å². The summed E-state index contributed by atoms with van der Waals surface area (Å²) in [6.45, 7) is 5.10. The van der Waals surface area contributed by atoms with Crippen LogP contribution in [-0.4, -0.2) is 10.3 Å². The molecule has 1 nitrogen and oxygen atoms in total. The molecular weight excluding hydrogens is 221 g/mol. The van der Waals surface area contributed by atoms with Crippen molar-refractivity contribution in [2.75, 3.05) is 5.75 Å². The number of nitrogens with zero attached hydrogens (tertiary/aromatic N) is 1. The molecule has 0 fully saturated rings. The van der Waals surface area contributed by atoms with E-state index in [4.69, 9.17) is 0 Å². The van der Waals surface area contributed by atoms with Crippen LogP contribution in [0, 0.1) is 5.82 Å². The second-order valence-electron chi connectivity index (χ2n) is 3.71. The number of hydrogen-bond acceptors (Lipinski definition) is 1. The molecule has 0 saturated carbocycles. The Labute approximate surface area is 99.6 Å². The number of hydrogen-bond donors (Lipinski definition) is 0. The fourth-order valence-electron chi connectivity index (χ4n) is 1.98. The molecule has 0 N–H and O–H groups in total. The van der Waals surface area contributed by atoms with Gasteiger partial charge in [0.05, 0.1) is 5.52 Å². The van der Waals surface area contributed by atoms with Crippen LogP contribution in [0.15, 0.2) is 24.4 Å². The van der Waals surface area contributed by atoms with Crippen LogP contribution in [0.1, 0.15) is 19.4 Å². The third kappa shape index (κ3) is 1.96. The topological polar surface area (TPSA) is 4.93 Å². The molecule has 86 valence electrons. The smallest absolute Gasteiger partial charge is 0.132 e. The molecule has 0 aliphatic heterocycles. The van der Waals surface area contributed by atoms with E-state index in [1.54, 1.807) is 12.1 Å². The quantitative estimate of drug-likeness (QED) is 0.776. The first kappa shape index (κ1) is 11.5. The second-order valence-corrected chi connectivity index (χ2v) is 4.99. The Morgan fingerprint density at radius 2 is 2.12 bits per heavy atom. The van der Waals surface area contributed by atoms with Crippen LogP contribution in [0.4, 0.5) is 4.39 Å². The average Bonchev–Trinajstić information content (AvgIpc) is 2.66. The number of fused-ring (bicyclic) bond motifs is 1. The van der Waals surface area contributed by atoms with Gasteiger partial charge in [0.25, 0.3) is 0 Å². The van der Waals surface area contributed by atoms with Crippen molar-refractivity contribution in [3.63, 3.8) is 0 Å². The van der Waals surface area contributed by atoms with E-state index in [1.165, 1.54) is 0 Å². The van der Waals surface area contributed by atoms with E-state index in [9.17, 15) is 4.39 Å². The van der Waals surface area contributed by atoms with Crippen molar-refractivity contribution in [2.45, 2.75) is 26.1 Å². The fraction of sp³-hybridized carbons (Fsp3) is 0.385. The fourth-order valence-corrected chi connectivity index (χ4v) is 2.62. The van der Waals surface area contributed by atoms with Crippen LogP contribution < -0.4 is 0 Å². The lowest BCUT2D eigenvalue weighted by molar-refractivity contribution is 0.639. The maximum Gasteiger partial charge on any atom is 0.132 e. The van der Waals surface area contributed by atoms with Gasteiger partial charge in [-0.3, -0.25) is 0 Å². The molecule has 0 saturated heterocycles. The lowest BCUT2D eigenvalue weighted by Gasteiger charge is -1.99. The summed E-state index contributed by atoms with van der Waals surface area (Å²) in [5.74, 6) is 1.85. The van der Waals surface area contributed by atoms with E-state index in [0.717, 1.165) is 34.5 Å². The zero-order valence-corrected chi connectivity index (χ0v) is 10.5. The Kier molecular flexibility index (Phi) is 3.54. The Bertz CT molecular complexity index is 490. The molecule has 0 aliphatic carbocycles. The largest absolute Gasteiger partial charge is 0.347 e. The molecule has 1 aromatic carbocycles. The highest BCUT2D eigenvalue weighted by Gasteiger charge is 2.11. The first-order chi connectivity index (χ1) is 7.77. The Morgan fingerprint density at radius 1 is 1.31 bits per heavy atom. The van der Waals surface area contributed by atoms with E-state index < -0.39 is 0 Å². The Hall–Kier alpha value is -0.960. The molecule has 0 spiro atoms. The van der Waals surface area contributed by atoms with Gasteiger partial charge in [-0.1, -0.05) is 13.0 Å². The number of aromatic nitrogens is 1. The Morgan fingerprint density at radius 3 is 2.81 bits per heavy atom. The summed E-state index contributed by atoms with van der Waals surface area (Å²) in [7, 11) is 0. The molecule has 0 unspecified atom stereocenters. The third-order valence-electron chi connectivity index (χ3n) is 2.74. The lowest BCUT2D eigenvalue weighted by atomic mass is 10.2. The predicted molar refractivity (Wildman–Crippen MR) is 69.4 cm³/mol. The molecule has 0 atom stereocenters. The van der Waals surface area contributed by atoms with Crippen molar-refractivity contribution in [3.05, 3.63) is 35.8 Å². The first-order valence-electron chi connectivity index (χ1n) is 5.61. The maximum absolute atomic E-state index is 13.8. The number of rotatable bonds is 4. The van der Waals surface area contributed by atoms with Gasteiger partial charge in [-0.2, -0.15) is 11.8 Å². The molecule has 1 aromatic heterocycles. The van der Waals surface area contributed by atoms with E-state index in [2.05, 4.69) is 24.6 Å². The molecule has 0 bridgehead atoms. The molecular formula is C13H16FNS. The molecule has 1 heterocycles. The minimum absolute atomic E-state index is 0.101. The number of halogens is 1. The van der Waals surface area contributed by atoms with E-state index in [0.29, 0.717) is 0 Å². The summed E-state index contributed by atoms with van der Waals surface area (Å²) in [6.07, 6.45) is 2.08. The van der Waals surface area contributed by atoms with Gasteiger partial charge < -0.3 is 4.57 Å².